The molecule has 1 amide bonds. The van der Waals surface area contributed by atoms with Gasteiger partial charge in [-0.2, -0.15) is 0 Å². The van der Waals surface area contributed by atoms with E-state index in [2.05, 4.69) is 20.3 Å². The first-order valence-electron chi connectivity index (χ1n) is 12.3. The average molecular weight is 501 g/mol. The maximum atomic E-state index is 13.2. The summed E-state index contributed by atoms with van der Waals surface area (Å²) >= 11 is 0. The number of amides is 1. The first kappa shape index (κ1) is 25.6. The van der Waals surface area contributed by atoms with Crippen molar-refractivity contribution in [2.75, 3.05) is 44.7 Å². The zero-order valence-electron chi connectivity index (χ0n) is 20.8. The van der Waals surface area contributed by atoms with Crippen molar-refractivity contribution in [3.63, 3.8) is 0 Å². The van der Waals surface area contributed by atoms with Crippen molar-refractivity contribution >= 4 is 21.6 Å². The number of benzene rings is 2. The number of fused-ring (bicyclic) bond motifs is 1. The van der Waals surface area contributed by atoms with Crippen LogP contribution in [0.1, 0.15) is 54.7 Å². The highest BCUT2D eigenvalue weighted by atomic mass is 32.2. The van der Waals surface area contributed by atoms with Crippen LogP contribution in [0.5, 0.6) is 0 Å². The molecule has 2 heterocycles. The molecule has 9 heteroatoms. The average Bonchev–Trinajstić information content (AvgIpc) is 2.83. The van der Waals surface area contributed by atoms with Crippen LogP contribution in [0.2, 0.25) is 0 Å². The van der Waals surface area contributed by atoms with E-state index in [1.807, 2.05) is 39.0 Å². The van der Waals surface area contributed by atoms with Crippen LogP contribution in [0.4, 0.5) is 5.69 Å². The molecular weight excluding hydrogens is 464 g/mol. The second kappa shape index (κ2) is 10.7. The summed E-state index contributed by atoms with van der Waals surface area (Å²) in [5, 5.41) is 6.46. The number of hydrogen-bond donors (Lipinski definition) is 3. The number of anilines is 1. The van der Waals surface area contributed by atoms with Crippen LogP contribution >= 0.6 is 0 Å². The minimum Gasteiger partial charge on any atom is -0.380 e. The van der Waals surface area contributed by atoms with E-state index in [1.54, 1.807) is 24.3 Å². The SMILES string of the molecule is CCc1ccc(S(=O)(=O)N[C@H]2CC(C)(C)Nc3ccc(C(=O)NCCN4CCOCC4)cc32)cc1. The van der Waals surface area contributed by atoms with Gasteiger partial charge in [0.2, 0.25) is 10.0 Å². The number of nitrogens with one attached hydrogen (secondary N) is 3. The number of carbonyl (C=O) groups excluding carboxylic acids is 1. The molecule has 2 aromatic rings. The number of rotatable bonds is 8. The third-order valence-corrected chi connectivity index (χ3v) is 8.12. The quantitative estimate of drug-likeness (QED) is 0.516. The molecule has 1 fully saturated rings. The third kappa shape index (κ3) is 6.41. The van der Waals surface area contributed by atoms with Gasteiger partial charge in [-0.15, -0.1) is 0 Å². The first-order chi connectivity index (χ1) is 16.7. The topological polar surface area (TPSA) is 99.8 Å². The molecule has 0 spiro atoms. The van der Waals surface area contributed by atoms with Crippen molar-refractivity contribution in [1.29, 1.82) is 0 Å². The third-order valence-electron chi connectivity index (χ3n) is 6.63. The monoisotopic (exact) mass is 500 g/mol. The number of nitrogens with zero attached hydrogens (tertiary/aromatic N) is 1. The minimum absolute atomic E-state index is 0.164. The molecule has 0 aliphatic carbocycles. The summed E-state index contributed by atoms with van der Waals surface area (Å²) in [7, 11) is -3.73. The predicted octanol–water partition coefficient (Wildman–Crippen LogP) is 2.92. The van der Waals surface area contributed by atoms with Crippen molar-refractivity contribution in [2.24, 2.45) is 0 Å². The van der Waals surface area contributed by atoms with Crippen LogP contribution in [0.3, 0.4) is 0 Å². The number of sulfonamides is 1. The first-order valence-corrected chi connectivity index (χ1v) is 13.8. The molecule has 8 nitrogen and oxygen atoms in total. The fourth-order valence-electron chi connectivity index (χ4n) is 4.66. The Bertz CT molecular complexity index is 1140. The fraction of sp³-hybridized carbons (Fsp3) is 0.500. The van der Waals surface area contributed by atoms with Crippen LogP contribution in [0.25, 0.3) is 0 Å². The molecule has 3 N–H and O–H groups in total. The van der Waals surface area contributed by atoms with Crippen molar-refractivity contribution in [3.05, 3.63) is 59.2 Å². The molecule has 2 aromatic carbocycles. The highest BCUT2D eigenvalue weighted by Crippen LogP contribution is 2.38. The lowest BCUT2D eigenvalue weighted by molar-refractivity contribution is 0.0383. The van der Waals surface area contributed by atoms with E-state index >= 15 is 0 Å². The zero-order chi connectivity index (χ0) is 25.1. The molecule has 4 rings (SSSR count). The largest absolute Gasteiger partial charge is 0.380 e. The Morgan fingerprint density at radius 1 is 1.14 bits per heavy atom. The summed E-state index contributed by atoms with van der Waals surface area (Å²) in [6.45, 7) is 10.6. The molecule has 0 bridgehead atoms. The maximum absolute atomic E-state index is 13.2. The molecule has 2 aliphatic rings. The zero-order valence-corrected chi connectivity index (χ0v) is 21.6. The van der Waals surface area contributed by atoms with Gasteiger partial charge in [-0.3, -0.25) is 9.69 Å². The summed E-state index contributed by atoms with van der Waals surface area (Å²) in [4.78, 5) is 15.4. The molecule has 0 radical (unpaired) electrons. The fourth-order valence-corrected chi connectivity index (χ4v) is 5.88. The second-order valence-corrected chi connectivity index (χ2v) is 11.6. The van der Waals surface area contributed by atoms with Gasteiger partial charge in [-0.1, -0.05) is 19.1 Å². The molecule has 0 aromatic heterocycles. The summed E-state index contributed by atoms with van der Waals surface area (Å²) in [6, 6.07) is 12.0. The molecule has 2 aliphatic heterocycles. The van der Waals surface area contributed by atoms with Crippen LogP contribution in [0.15, 0.2) is 47.4 Å². The normalized spacial score (nSPS) is 20.0. The molecule has 0 saturated carbocycles. The predicted molar refractivity (Wildman–Crippen MR) is 137 cm³/mol. The molecular formula is C26H36N4O4S. The Morgan fingerprint density at radius 3 is 2.54 bits per heavy atom. The van der Waals surface area contributed by atoms with Gasteiger partial charge in [0.05, 0.1) is 24.2 Å². The van der Waals surface area contributed by atoms with E-state index in [-0.39, 0.29) is 16.3 Å². The molecule has 1 saturated heterocycles. The summed E-state index contributed by atoms with van der Waals surface area (Å²) in [5.74, 6) is -0.164. The minimum atomic E-state index is -3.73. The standard InChI is InChI=1S/C26H36N4O4S/c1-4-19-5-8-21(9-6-19)35(32,33)29-24-18-26(2,3)28-23-10-7-20(17-22(23)24)25(31)27-11-12-30-13-15-34-16-14-30/h5-10,17,24,28-29H,4,11-16,18H2,1-3H3,(H,27,31)/t24-/m0/s1. The van der Waals surface area contributed by atoms with Crippen LogP contribution in [-0.2, 0) is 21.2 Å². The van der Waals surface area contributed by atoms with Crippen molar-refractivity contribution in [2.45, 2.75) is 50.1 Å². The Balaban J connectivity index is 1.50. The van der Waals surface area contributed by atoms with E-state index in [0.29, 0.717) is 18.5 Å². The lowest BCUT2D eigenvalue weighted by Crippen LogP contribution is -2.43. The summed E-state index contributed by atoms with van der Waals surface area (Å²) in [5.41, 5.74) is 2.90. The maximum Gasteiger partial charge on any atom is 0.251 e. The van der Waals surface area contributed by atoms with Crippen LogP contribution in [0, 0.1) is 0 Å². The van der Waals surface area contributed by atoms with Crippen molar-refractivity contribution in [1.82, 2.24) is 14.9 Å². The molecule has 190 valence electrons. The van der Waals surface area contributed by atoms with Crippen molar-refractivity contribution in [3.8, 4) is 0 Å². The molecule has 35 heavy (non-hydrogen) atoms. The van der Waals surface area contributed by atoms with Gasteiger partial charge in [0.15, 0.2) is 0 Å². The molecule has 1 atom stereocenters. The van der Waals surface area contributed by atoms with E-state index in [4.69, 9.17) is 4.74 Å². The highest BCUT2D eigenvalue weighted by Gasteiger charge is 2.34. The van der Waals surface area contributed by atoms with Crippen LogP contribution < -0.4 is 15.4 Å². The highest BCUT2D eigenvalue weighted by molar-refractivity contribution is 7.89. The van der Waals surface area contributed by atoms with Gasteiger partial charge in [-0.25, -0.2) is 13.1 Å². The summed E-state index contributed by atoms with van der Waals surface area (Å²) in [6.07, 6.45) is 1.40. The Morgan fingerprint density at radius 2 is 1.86 bits per heavy atom. The number of aryl methyl sites for hydroxylation is 1. The lowest BCUT2D eigenvalue weighted by atomic mass is 9.85. The lowest BCUT2D eigenvalue weighted by Gasteiger charge is -2.39. The van der Waals surface area contributed by atoms with E-state index in [0.717, 1.165) is 56.1 Å². The van der Waals surface area contributed by atoms with Gasteiger partial charge in [0, 0.05) is 43.0 Å². The van der Waals surface area contributed by atoms with Crippen LogP contribution in [-0.4, -0.2) is 64.2 Å². The number of carbonyl (C=O) groups is 1. The van der Waals surface area contributed by atoms with E-state index < -0.39 is 16.1 Å². The van der Waals surface area contributed by atoms with Gasteiger partial charge in [0.25, 0.3) is 5.91 Å². The second-order valence-electron chi connectivity index (χ2n) is 9.90. The number of ether oxygens (including phenoxy) is 1. The van der Waals surface area contributed by atoms with Gasteiger partial charge in [-0.05, 0) is 68.1 Å². The molecule has 0 unspecified atom stereocenters. The Labute approximate surface area is 208 Å². The summed E-state index contributed by atoms with van der Waals surface area (Å²) < 4.78 is 34.7. The Hall–Kier alpha value is -2.46. The smallest absolute Gasteiger partial charge is 0.251 e. The number of hydrogen-bond acceptors (Lipinski definition) is 6. The number of morpholine rings is 1. The van der Waals surface area contributed by atoms with E-state index in [1.165, 1.54) is 0 Å². The van der Waals surface area contributed by atoms with Crippen molar-refractivity contribution < 1.29 is 17.9 Å². The van der Waals surface area contributed by atoms with E-state index in [9.17, 15) is 13.2 Å². The Kier molecular flexibility index (Phi) is 7.80. The van der Waals surface area contributed by atoms with Gasteiger partial charge in [0.1, 0.15) is 0 Å². The van der Waals surface area contributed by atoms with Gasteiger partial charge < -0.3 is 15.4 Å². The van der Waals surface area contributed by atoms with Gasteiger partial charge >= 0.3 is 0 Å².